The van der Waals surface area contributed by atoms with Gasteiger partial charge in [0.15, 0.2) is 0 Å². The van der Waals surface area contributed by atoms with Crippen molar-refractivity contribution in [3.63, 3.8) is 0 Å². The maximum Gasteiger partial charge on any atom is 0.123 e. The molecule has 2 nitrogen and oxygen atoms in total. The molecule has 0 amide bonds. The molecule has 100 valence electrons. The zero-order chi connectivity index (χ0) is 13.4. The van der Waals surface area contributed by atoms with Crippen LogP contribution < -0.4 is 10.1 Å². The minimum Gasteiger partial charge on any atom is -0.494 e. The predicted molar refractivity (Wildman–Crippen MR) is 76.2 cm³/mol. The van der Waals surface area contributed by atoms with E-state index in [-0.39, 0.29) is 5.41 Å². The van der Waals surface area contributed by atoms with Crippen molar-refractivity contribution in [1.29, 1.82) is 0 Å². The summed E-state index contributed by atoms with van der Waals surface area (Å²) in [4.78, 5) is 0. The lowest BCUT2D eigenvalue weighted by atomic mass is 9.89. The molecule has 1 aromatic carbocycles. The Morgan fingerprint density at radius 1 is 1.22 bits per heavy atom. The summed E-state index contributed by atoms with van der Waals surface area (Å²) >= 11 is 0. The topological polar surface area (TPSA) is 21.3 Å². The Balaban J connectivity index is 2.37. The van der Waals surface area contributed by atoms with Crippen LogP contribution in [-0.4, -0.2) is 20.2 Å². The quantitative estimate of drug-likeness (QED) is 0.862. The summed E-state index contributed by atoms with van der Waals surface area (Å²) in [7, 11) is 2.03. The summed E-state index contributed by atoms with van der Waals surface area (Å²) in [5.41, 5.74) is 1.89. The van der Waals surface area contributed by atoms with Gasteiger partial charge in [0, 0.05) is 11.0 Å². The fraction of sp³-hybridized carbons (Fsp3) is 0.625. The maximum atomic E-state index is 5.80. The van der Waals surface area contributed by atoms with Crippen LogP contribution >= 0.6 is 0 Å². The van der Waals surface area contributed by atoms with Crippen molar-refractivity contribution in [2.24, 2.45) is 11.3 Å². The molecule has 0 spiro atoms. The van der Waals surface area contributed by atoms with Crippen molar-refractivity contribution in [3.05, 3.63) is 29.8 Å². The van der Waals surface area contributed by atoms with Gasteiger partial charge < -0.3 is 10.1 Å². The number of benzene rings is 1. The second kappa shape index (κ2) is 4.58. The standard InChI is InChI=1S/C16H25NO/c1-6-18-13-10-8-7-9-12(13)16(4)14(11-17-5)15(16,2)3/h7-10,14,17H,6,11H2,1-5H3. The predicted octanol–water partition coefficient (Wildman–Crippen LogP) is 3.22. The Bertz CT molecular complexity index is 427. The van der Waals surface area contributed by atoms with Crippen molar-refractivity contribution in [2.75, 3.05) is 20.2 Å². The van der Waals surface area contributed by atoms with E-state index < -0.39 is 0 Å². The van der Waals surface area contributed by atoms with Crippen molar-refractivity contribution in [2.45, 2.75) is 33.1 Å². The highest BCUT2D eigenvalue weighted by Crippen LogP contribution is 2.70. The molecule has 1 N–H and O–H groups in total. The first kappa shape index (κ1) is 13.4. The zero-order valence-electron chi connectivity index (χ0n) is 12.2. The molecule has 2 heteroatoms. The second-order valence-electron chi connectivity index (χ2n) is 5.96. The molecule has 1 aliphatic carbocycles. The summed E-state index contributed by atoms with van der Waals surface area (Å²) in [5.74, 6) is 1.71. The molecule has 1 saturated carbocycles. The smallest absolute Gasteiger partial charge is 0.123 e. The molecular formula is C16H25NO. The van der Waals surface area contributed by atoms with Gasteiger partial charge >= 0.3 is 0 Å². The highest BCUT2D eigenvalue weighted by Gasteiger charge is 2.68. The fourth-order valence-corrected chi connectivity index (χ4v) is 3.48. The minimum atomic E-state index is 0.210. The Hall–Kier alpha value is -1.02. The van der Waals surface area contributed by atoms with Gasteiger partial charge in [0.05, 0.1) is 6.61 Å². The Morgan fingerprint density at radius 2 is 1.89 bits per heavy atom. The van der Waals surface area contributed by atoms with Gasteiger partial charge in [0.2, 0.25) is 0 Å². The first-order valence-electron chi connectivity index (χ1n) is 6.87. The highest BCUT2D eigenvalue weighted by molar-refractivity contribution is 5.47. The number of rotatable bonds is 5. The number of hydrogen-bond donors (Lipinski definition) is 1. The SMILES string of the molecule is CCOc1ccccc1C1(C)C(CNC)C1(C)C. The summed E-state index contributed by atoms with van der Waals surface area (Å²) in [6.07, 6.45) is 0. The van der Waals surface area contributed by atoms with Gasteiger partial charge in [-0.1, -0.05) is 39.0 Å². The molecule has 2 rings (SSSR count). The molecule has 0 saturated heterocycles. The molecule has 2 atom stereocenters. The lowest BCUT2D eigenvalue weighted by Gasteiger charge is -2.19. The van der Waals surface area contributed by atoms with Crippen molar-refractivity contribution in [1.82, 2.24) is 5.32 Å². The molecule has 1 aliphatic rings. The van der Waals surface area contributed by atoms with Crippen LogP contribution in [0.3, 0.4) is 0 Å². The van der Waals surface area contributed by atoms with Crippen LogP contribution in [-0.2, 0) is 5.41 Å². The van der Waals surface area contributed by atoms with Crippen LogP contribution in [0.15, 0.2) is 24.3 Å². The molecule has 1 aromatic rings. The van der Waals surface area contributed by atoms with Gasteiger partial charge in [-0.3, -0.25) is 0 Å². The highest BCUT2D eigenvalue weighted by atomic mass is 16.5. The molecular weight excluding hydrogens is 222 g/mol. The lowest BCUT2D eigenvalue weighted by molar-refractivity contribution is 0.330. The van der Waals surface area contributed by atoms with Gasteiger partial charge in [-0.15, -0.1) is 0 Å². The monoisotopic (exact) mass is 247 g/mol. The van der Waals surface area contributed by atoms with E-state index in [4.69, 9.17) is 4.74 Å². The van der Waals surface area contributed by atoms with Gasteiger partial charge in [0.1, 0.15) is 5.75 Å². The molecule has 0 aliphatic heterocycles. The molecule has 2 unspecified atom stereocenters. The number of ether oxygens (including phenoxy) is 1. The molecule has 0 aromatic heterocycles. The second-order valence-corrected chi connectivity index (χ2v) is 5.96. The maximum absolute atomic E-state index is 5.80. The molecule has 0 bridgehead atoms. The van der Waals surface area contributed by atoms with Crippen molar-refractivity contribution in [3.8, 4) is 5.75 Å². The summed E-state index contributed by atoms with van der Waals surface area (Å²) in [6, 6.07) is 8.49. The Morgan fingerprint density at radius 3 is 2.50 bits per heavy atom. The van der Waals surface area contributed by atoms with E-state index in [1.165, 1.54) is 5.56 Å². The lowest BCUT2D eigenvalue weighted by Crippen LogP contribution is -2.16. The van der Waals surface area contributed by atoms with Crippen LogP contribution in [0.2, 0.25) is 0 Å². The van der Waals surface area contributed by atoms with Gasteiger partial charge in [-0.05, 0) is 37.9 Å². The minimum absolute atomic E-state index is 0.210. The van der Waals surface area contributed by atoms with Crippen LogP contribution in [0.1, 0.15) is 33.3 Å². The largest absolute Gasteiger partial charge is 0.494 e. The van der Waals surface area contributed by atoms with Crippen molar-refractivity contribution >= 4 is 0 Å². The number of hydrogen-bond acceptors (Lipinski definition) is 2. The van der Waals surface area contributed by atoms with E-state index in [1.54, 1.807) is 0 Å². The fourth-order valence-electron chi connectivity index (χ4n) is 3.48. The van der Waals surface area contributed by atoms with Crippen LogP contribution in [0.5, 0.6) is 5.75 Å². The van der Waals surface area contributed by atoms with E-state index in [9.17, 15) is 0 Å². The zero-order valence-corrected chi connectivity index (χ0v) is 12.2. The third-order valence-electron chi connectivity index (χ3n) is 4.98. The first-order valence-corrected chi connectivity index (χ1v) is 6.87. The molecule has 0 heterocycles. The molecule has 18 heavy (non-hydrogen) atoms. The molecule has 0 radical (unpaired) electrons. The van der Waals surface area contributed by atoms with Gasteiger partial charge in [-0.25, -0.2) is 0 Å². The van der Waals surface area contributed by atoms with E-state index in [0.29, 0.717) is 11.3 Å². The van der Waals surface area contributed by atoms with Gasteiger partial charge in [0.25, 0.3) is 0 Å². The summed E-state index contributed by atoms with van der Waals surface area (Å²) in [6.45, 7) is 10.9. The van der Waals surface area contributed by atoms with Gasteiger partial charge in [-0.2, -0.15) is 0 Å². The van der Waals surface area contributed by atoms with Crippen LogP contribution in [0.4, 0.5) is 0 Å². The first-order chi connectivity index (χ1) is 8.50. The Labute approximate surface area is 111 Å². The summed E-state index contributed by atoms with van der Waals surface area (Å²) in [5, 5.41) is 3.32. The normalized spacial score (nSPS) is 29.1. The number of para-hydroxylation sites is 1. The third-order valence-corrected chi connectivity index (χ3v) is 4.98. The third kappa shape index (κ3) is 1.74. The average molecular weight is 247 g/mol. The Kier molecular flexibility index (Phi) is 3.41. The van der Waals surface area contributed by atoms with E-state index in [1.807, 2.05) is 14.0 Å². The van der Waals surface area contributed by atoms with Crippen LogP contribution in [0.25, 0.3) is 0 Å². The summed E-state index contributed by atoms with van der Waals surface area (Å²) < 4.78 is 5.80. The van der Waals surface area contributed by atoms with Crippen LogP contribution in [0, 0.1) is 11.3 Å². The van der Waals surface area contributed by atoms with E-state index in [2.05, 4.69) is 50.4 Å². The van der Waals surface area contributed by atoms with E-state index >= 15 is 0 Å². The number of nitrogens with one attached hydrogen (secondary N) is 1. The van der Waals surface area contributed by atoms with Crippen molar-refractivity contribution < 1.29 is 4.74 Å². The van der Waals surface area contributed by atoms with E-state index in [0.717, 1.165) is 18.9 Å². The average Bonchev–Trinajstić information content (AvgIpc) is 2.77. The molecule has 1 fully saturated rings.